The monoisotopic (exact) mass is 313 g/mol. The van der Waals surface area contributed by atoms with Gasteiger partial charge in [0.15, 0.2) is 0 Å². The zero-order valence-corrected chi connectivity index (χ0v) is 12.4. The number of nitrogens with zero attached hydrogens (tertiary/aromatic N) is 5. The lowest BCUT2D eigenvalue weighted by Gasteiger charge is -2.30. The number of hydrogen-bond acceptors (Lipinski definition) is 10. The van der Waals surface area contributed by atoms with E-state index in [9.17, 15) is 0 Å². The highest BCUT2D eigenvalue weighted by molar-refractivity contribution is 7.18. The first-order valence-electron chi connectivity index (χ1n) is 6.26. The Morgan fingerprint density at radius 2 is 1.75 bits per heavy atom. The van der Waals surface area contributed by atoms with Crippen molar-refractivity contribution in [1.82, 2.24) is 20.4 Å². The standard InChI is InChI=1S/C10H15N7OS2/c11-7-13-15-9(19-7)17-3-1-6(2-4-17)5-18-10-16-14-8(12)20-10/h6H,1-5H2,(H2,11,13)(H2,12,14). The third kappa shape index (κ3) is 3.07. The SMILES string of the molecule is Nc1nnc(OCC2CCN(c3nnc(N)s3)CC2)s1. The van der Waals surface area contributed by atoms with Gasteiger partial charge < -0.3 is 21.1 Å². The molecule has 1 aliphatic rings. The highest BCUT2D eigenvalue weighted by Crippen LogP contribution is 2.27. The Kier molecular flexibility index (Phi) is 3.83. The zero-order chi connectivity index (χ0) is 13.9. The minimum absolute atomic E-state index is 0.434. The van der Waals surface area contributed by atoms with Gasteiger partial charge in [-0.2, -0.15) is 0 Å². The van der Waals surface area contributed by atoms with Crippen LogP contribution in [0.2, 0.25) is 0 Å². The Morgan fingerprint density at radius 1 is 1.05 bits per heavy atom. The average molecular weight is 313 g/mol. The Morgan fingerprint density at radius 3 is 2.35 bits per heavy atom. The molecule has 0 atom stereocenters. The van der Waals surface area contributed by atoms with Gasteiger partial charge >= 0.3 is 0 Å². The van der Waals surface area contributed by atoms with Crippen LogP contribution in [-0.2, 0) is 0 Å². The molecule has 3 rings (SSSR count). The van der Waals surface area contributed by atoms with Crippen LogP contribution in [0.1, 0.15) is 12.8 Å². The van der Waals surface area contributed by atoms with Crippen molar-refractivity contribution in [2.24, 2.45) is 5.92 Å². The molecule has 108 valence electrons. The molecule has 0 radical (unpaired) electrons. The molecule has 0 saturated carbocycles. The van der Waals surface area contributed by atoms with E-state index in [4.69, 9.17) is 16.2 Å². The molecule has 0 aliphatic carbocycles. The molecule has 4 N–H and O–H groups in total. The lowest BCUT2D eigenvalue weighted by atomic mass is 9.98. The second-order valence-electron chi connectivity index (χ2n) is 4.57. The molecular formula is C10H15N7OS2. The molecule has 3 heterocycles. The minimum atomic E-state index is 0.434. The second kappa shape index (κ2) is 5.75. The van der Waals surface area contributed by atoms with Gasteiger partial charge in [-0.15, -0.1) is 15.3 Å². The lowest BCUT2D eigenvalue weighted by molar-refractivity contribution is 0.221. The quantitative estimate of drug-likeness (QED) is 0.853. The van der Waals surface area contributed by atoms with Crippen LogP contribution in [0.5, 0.6) is 5.19 Å². The summed E-state index contributed by atoms with van der Waals surface area (Å²) in [6.07, 6.45) is 2.10. The van der Waals surface area contributed by atoms with Crippen LogP contribution in [0.4, 0.5) is 15.4 Å². The van der Waals surface area contributed by atoms with Crippen molar-refractivity contribution in [3.63, 3.8) is 0 Å². The summed E-state index contributed by atoms with van der Waals surface area (Å²) in [5.41, 5.74) is 11.1. The number of piperidine rings is 1. The number of rotatable bonds is 4. The Labute approximate surface area is 123 Å². The summed E-state index contributed by atoms with van der Waals surface area (Å²) in [7, 11) is 0. The van der Waals surface area contributed by atoms with E-state index in [0.717, 1.165) is 31.1 Å². The van der Waals surface area contributed by atoms with E-state index in [0.29, 0.717) is 28.0 Å². The summed E-state index contributed by atoms with van der Waals surface area (Å²) in [5, 5.41) is 17.9. The van der Waals surface area contributed by atoms with Gasteiger partial charge in [0.25, 0.3) is 5.19 Å². The molecule has 0 amide bonds. The second-order valence-corrected chi connectivity index (χ2v) is 6.53. The fourth-order valence-corrected chi connectivity index (χ4v) is 3.24. The zero-order valence-electron chi connectivity index (χ0n) is 10.7. The molecule has 0 bridgehead atoms. The van der Waals surface area contributed by atoms with Crippen molar-refractivity contribution in [3.8, 4) is 5.19 Å². The van der Waals surface area contributed by atoms with Gasteiger partial charge in [-0.3, -0.25) is 0 Å². The summed E-state index contributed by atoms with van der Waals surface area (Å²) in [6.45, 7) is 2.54. The molecule has 1 fully saturated rings. The molecule has 1 saturated heterocycles. The van der Waals surface area contributed by atoms with Crippen LogP contribution in [-0.4, -0.2) is 40.1 Å². The summed E-state index contributed by atoms with van der Waals surface area (Å²) >= 11 is 2.70. The van der Waals surface area contributed by atoms with E-state index in [2.05, 4.69) is 25.3 Å². The number of aromatic nitrogens is 4. The van der Waals surface area contributed by atoms with Crippen LogP contribution < -0.4 is 21.1 Å². The molecule has 2 aromatic heterocycles. The summed E-state index contributed by atoms with van der Waals surface area (Å²) in [4.78, 5) is 2.22. The summed E-state index contributed by atoms with van der Waals surface area (Å²) < 4.78 is 5.61. The van der Waals surface area contributed by atoms with Gasteiger partial charge in [0.2, 0.25) is 15.4 Å². The van der Waals surface area contributed by atoms with Gasteiger partial charge in [0.1, 0.15) is 0 Å². The van der Waals surface area contributed by atoms with E-state index < -0.39 is 0 Å². The van der Waals surface area contributed by atoms with E-state index in [1.807, 2.05) is 0 Å². The van der Waals surface area contributed by atoms with Crippen LogP contribution in [0, 0.1) is 5.92 Å². The number of nitrogen functional groups attached to an aromatic ring is 2. The van der Waals surface area contributed by atoms with E-state index in [1.54, 1.807) is 0 Å². The Hall–Kier alpha value is -1.68. The number of hydrogen-bond donors (Lipinski definition) is 2. The van der Waals surface area contributed by atoms with E-state index in [-0.39, 0.29) is 0 Å². The van der Waals surface area contributed by atoms with E-state index >= 15 is 0 Å². The normalized spacial score (nSPS) is 16.5. The van der Waals surface area contributed by atoms with Crippen molar-refractivity contribution < 1.29 is 4.74 Å². The molecule has 8 nitrogen and oxygen atoms in total. The summed E-state index contributed by atoms with van der Waals surface area (Å²) in [5.74, 6) is 0.515. The van der Waals surface area contributed by atoms with Crippen LogP contribution >= 0.6 is 22.7 Å². The van der Waals surface area contributed by atoms with Gasteiger partial charge in [-0.05, 0) is 30.1 Å². The van der Waals surface area contributed by atoms with Gasteiger partial charge in [-0.25, -0.2) is 0 Å². The first-order valence-corrected chi connectivity index (χ1v) is 7.89. The van der Waals surface area contributed by atoms with Crippen molar-refractivity contribution >= 4 is 38.1 Å². The lowest BCUT2D eigenvalue weighted by Crippen LogP contribution is -2.35. The Bertz CT molecular complexity index is 563. The van der Waals surface area contributed by atoms with Gasteiger partial charge in [-0.1, -0.05) is 16.4 Å². The number of anilines is 3. The first kappa shape index (κ1) is 13.3. The maximum atomic E-state index is 5.61. The predicted octanol–water partition coefficient (Wildman–Crippen LogP) is 0.849. The molecule has 20 heavy (non-hydrogen) atoms. The van der Waals surface area contributed by atoms with Crippen molar-refractivity contribution in [3.05, 3.63) is 0 Å². The average Bonchev–Trinajstić information content (AvgIpc) is 3.06. The number of ether oxygens (including phenoxy) is 1. The molecule has 1 aliphatic heterocycles. The fourth-order valence-electron chi connectivity index (χ4n) is 2.11. The molecule has 0 spiro atoms. The third-order valence-corrected chi connectivity index (χ3v) is 4.66. The van der Waals surface area contributed by atoms with Crippen LogP contribution in [0.3, 0.4) is 0 Å². The molecule has 0 aromatic carbocycles. The van der Waals surface area contributed by atoms with Crippen molar-refractivity contribution in [2.75, 3.05) is 36.1 Å². The molecule has 0 unspecified atom stereocenters. The predicted molar refractivity (Wildman–Crippen MR) is 79.1 cm³/mol. The largest absolute Gasteiger partial charge is 0.469 e. The highest BCUT2D eigenvalue weighted by atomic mass is 32.1. The molecule has 2 aromatic rings. The molecule has 10 heteroatoms. The number of nitrogens with two attached hydrogens (primary N) is 2. The Balaban J connectivity index is 1.46. The minimum Gasteiger partial charge on any atom is -0.469 e. The van der Waals surface area contributed by atoms with Gasteiger partial charge in [0.05, 0.1) is 6.61 Å². The van der Waals surface area contributed by atoms with Crippen LogP contribution in [0.25, 0.3) is 0 Å². The first-order chi connectivity index (χ1) is 9.70. The highest BCUT2D eigenvalue weighted by Gasteiger charge is 2.22. The van der Waals surface area contributed by atoms with Gasteiger partial charge in [0, 0.05) is 13.1 Å². The fraction of sp³-hybridized carbons (Fsp3) is 0.600. The van der Waals surface area contributed by atoms with Crippen molar-refractivity contribution in [2.45, 2.75) is 12.8 Å². The van der Waals surface area contributed by atoms with Crippen LogP contribution in [0.15, 0.2) is 0 Å². The van der Waals surface area contributed by atoms with E-state index in [1.165, 1.54) is 22.7 Å². The maximum absolute atomic E-state index is 5.61. The maximum Gasteiger partial charge on any atom is 0.295 e. The molecular weight excluding hydrogens is 298 g/mol. The smallest absolute Gasteiger partial charge is 0.295 e. The summed E-state index contributed by atoms with van der Waals surface area (Å²) in [6, 6.07) is 0. The van der Waals surface area contributed by atoms with Crippen molar-refractivity contribution in [1.29, 1.82) is 0 Å². The topological polar surface area (TPSA) is 116 Å². The third-order valence-electron chi connectivity index (χ3n) is 3.18.